The Morgan fingerprint density at radius 3 is 2.74 bits per heavy atom. The number of aromatic nitrogens is 2. The highest BCUT2D eigenvalue weighted by Gasteiger charge is 2.16. The molecule has 0 saturated carbocycles. The van der Waals surface area contributed by atoms with Crippen molar-refractivity contribution in [2.75, 3.05) is 0 Å². The van der Waals surface area contributed by atoms with Crippen LogP contribution in [0.5, 0.6) is 0 Å². The summed E-state index contributed by atoms with van der Waals surface area (Å²) in [5.41, 5.74) is 1.87. The van der Waals surface area contributed by atoms with Crippen LogP contribution >= 0.6 is 27.5 Å². The Morgan fingerprint density at radius 2 is 2.21 bits per heavy atom. The van der Waals surface area contributed by atoms with Crippen LogP contribution in [0.4, 0.5) is 4.39 Å². The van der Waals surface area contributed by atoms with Gasteiger partial charge in [0.1, 0.15) is 5.82 Å². The number of benzene rings is 1. The molecule has 1 heterocycles. The number of Topliss-reactive ketones (excluding diaryl/α,β-unsaturated/α-hetero) is 1. The molecule has 1 aromatic heterocycles. The van der Waals surface area contributed by atoms with Crippen molar-refractivity contribution in [1.82, 2.24) is 9.78 Å². The highest BCUT2D eigenvalue weighted by Crippen LogP contribution is 2.22. The van der Waals surface area contributed by atoms with E-state index in [0.717, 1.165) is 21.9 Å². The van der Waals surface area contributed by atoms with Gasteiger partial charge in [0.05, 0.1) is 27.3 Å². The number of carbonyl (C=O) groups excluding carboxylic acids is 1. The number of aryl methyl sites for hydroxylation is 2. The summed E-state index contributed by atoms with van der Waals surface area (Å²) in [6, 6.07) is 4.06. The summed E-state index contributed by atoms with van der Waals surface area (Å²) in [6.07, 6.45) is 0.152. The largest absolute Gasteiger partial charge is 0.294 e. The first kappa shape index (κ1) is 14.2. The molecule has 0 bridgehead atoms. The molecule has 0 radical (unpaired) electrons. The van der Waals surface area contributed by atoms with Crippen molar-refractivity contribution in [3.63, 3.8) is 0 Å². The zero-order valence-electron chi connectivity index (χ0n) is 10.4. The lowest BCUT2D eigenvalue weighted by molar-refractivity contribution is 0.0990. The van der Waals surface area contributed by atoms with E-state index < -0.39 is 5.82 Å². The van der Waals surface area contributed by atoms with E-state index >= 15 is 0 Å². The van der Waals surface area contributed by atoms with Crippen LogP contribution in [-0.4, -0.2) is 15.6 Å². The van der Waals surface area contributed by atoms with Crippen molar-refractivity contribution in [3.05, 3.63) is 50.5 Å². The fraction of sp³-hybridized carbons (Fsp3) is 0.231. The third kappa shape index (κ3) is 2.87. The molecular weight excluding hydrogens is 335 g/mol. The Labute approximate surface area is 123 Å². The van der Waals surface area contributed by atoms with Crippen molar-refractivity contribution >= 4 is 33.3 Å². The number of rotatable bonds is 3. The minimum Gasteiger partial charge on any atom is -0.294 e. The fourth-order valence-corrected chi connectivity index (χ4v) is 2.39. The monoisotopic (exact) mass is 344 g/mol. The van der Waals surface area contributed by atoms with E-state index in [9.17, 15) is 9.18 Å². The minimum atomic E-state index is -0.590. The molecule has 2 aromatic rings. The summed E-state index contributed by atoms with van der Waals surface area (Å²) in [7, 11) is 1.77. The molecular formula is C13H11BrClFN2O. The van der Waals surface area contributed by atoms with Crippen LogP contribution in [0.25, 0.3) is 0 Å². The Bertz CT molecular complexity index is 654. The fourth-order valence-electron chi connectivity index (χ4n) is 1.80. The lowest BCUT2D eigenvalue weighted by Crippen LogP contribution is -2.08. The Hall–Kier alpha value is -1.20. The van der Waals surface area contributed by atoms with Crippen molar-refractivity contribution in [2.24, 2.45) is 7.05 Å². The van der Waals surface area contributed by atoms with Crippen LogP contribution in [-0.2, 0) is 13.5 Å². The van der Waals surface area contributed by atoms with Gasteiger partial charge in [0, 0.05) is 12.6 Å². The van der Waals surface area contributed by atoms with Gasteiger partial charge in [-0.2, -0.15) is 5.10 Å². The highest BCUT2D eigenvalue weighted by molar-refractivity contribution is 9.10. The van der Waals surface area contributed by atoms with Gasteiger partial charge in [-0.3, -0.25) is 9.48 Å². The number of hydrogen-bond acceptors (Lipinski definition) is 2. The molecule has 0 amide bonds. The van der Waals surface area contributed by atoms with Crippen molar-refractivity contribution in [2.45, 2.75) is 13.3 Å². The number of halogens is 3. The van der Waals surface area contributed by atoms with E-state index in [-0.39, 0.29) is 17.2 Å². The normalized spacial score (nSPS) is 10.8. The van der Waals surface area contributed by atoms with Crippen LogP contribution in [0, 0.1) is 12.7 Å². The van der Waals surface area contributed by atoms with Gasteiger partial charge in [-0.15, -0.1) is 0 Å². The van der Waals surface area contributed by atoms with Gasteiger partial charge in [-0.05, 0) is 41.1 Å². The summed E-state index contributed by atoms with van der Waals surface area (Å²) in [5, 5.41) is 4.22. The topological polar surface area (TPSA) is 34.9 Å². The van der Waals surface area contributed by atoms with E-state index in [1.165, 1.54) is 12.1 Å². The van der Waals surface area contributed by atoms with E-state index in [2.05, 4.69) is 21.0 Å². The van der Waals surface area contributed by atoms with E-state index in [4.69, 9.17) is 11.6 Å². The van der Waals surface area contributed by atoms with E-state index in [0.29, 0.717) is 5.56 Å². The van der Waals surface area contributed by atoms with Crippen LogP contribution in [0.15, 0.2) is 22.7 Å². The lowest BCUT2D eigenvalue weighted by atomic mass is 10.1. The second-order valence-corrected chi connectivity index (χ2v) is 5.40. The highest BCUT2D eigenvalue weighted by atomic mass is 79.9. The summed E-state index contributed by atoms with van der Waals surface area (Å²) in [6.45, 7) is 1.85. The first-order valence-electron chi connectivity index (χ1n) is 5.56. The number of carbonyl (C=O) groups is 1. The third-order valence-electron chi connectivity index (χ3n) is 2.83. The molecule has 0 unspecified atom stereocenters. The molecule has 0 spiro atoms. The predicted molar refractivity (Wildman–Crippen MR) is 75.1 cm³/mol. The van der Waals surface area contributed by atoms with Crippen LogP contribution in [0.2, 0.25) is 5.02 Å². The number of nitrogens with zero attached hydrogens (tertiary/aromatic N) is 2. The summed E-state index contributed by atoms with van der Waals surface area (Å²) >= 11 is 8.99. The van der Waals surface area contributed by atoms with E-state index in [1.54, 1.807) is 11.7 Å². The van der Waals surface area contributed by atoms with Gasteiger partial charge in [0.15, 0.2) is 5.78 Å². The maximum absolute atomic E-state index is 13.3. The van der Waals surface area contributed by atoms with Crippen molar-refractivity contribution in [1.29, 1.82) is 0 Å². The Morgan fingerprint density at radius 1 is 1.53 bits per heavy atom. The average molecular weight is 346 g/mol. The summed E-state index contributed by atoms with van der Waals surface area (Å²) < 4.78 is 15.8. The molecule has 0 N–H and O–H groups in total. The second kappa shape index (κ2) is 5.43. The zero-order valence-corrected chi connectivity index (χ0v) is 12.7. The van der Waals surface area contributed by atoms with Gasteiger partial charge >= 0.3 is 0 Å². The van der Waals surface area contributed by atoms with Crippen molar-refractivity contribution < 1.29 is 9.18 Å². The average Bonchev–Trinajstić information content (AvgIpc) is 2.59. The minimum absolute atomic E-state index is 0.00843. The molecule has 3 nitrogen and oxygen atoms in total. The standard InChI is InChI=1S/C13H11BrClFN2O/c1-7-13(14)11(18(2)17-7)6-12(19)8-3-4-9(15)10(16)5-8/h3-5H,6H2,1-2H3. The Balaban J connectivity index is 2.28. The first-order chi connectivity index (χ1) is 8.90. The molecule has 0 fully saturated rings. The molecule has 2 rings (SSSR count). The molecule has 1 aromatic carbocycles. The van der Waals surface area contributed by atoms with E-state index in [1.807, 2.05) is 6.92 Å². The zero-order chi connectivity index (χ0) is 14.2. The molecule has 6 heteroatoms. The van der Waals surface area contributed by atoms with Gasteiger partial charge in [-0.1, -0.05) is 11.6 Å². The number of hydrogen-bond donors (Lipinski definition) is 0. The molecule has 19 heavy (non-hydrogen) atoms. The SMILES string of the molecule is Cc1nn(C)c(CC(=O)c2ccc(Cl)c(F)c2)c1Br. The Kier molecular flexibility index (Phi) is 4.06. The summed E-state index contributed by atoms with van der Waals surface area (Å²) in [5.74, 6) is -0.771. The maximum Gasteiger partial charge on any atom is 0.168 e. The van der Waals surface area contributed by atoms with Crippen LogP contribution < -0.4 is 0 Å². The smallest absolute Gasteiger partial charge is 0.168 e. The molecule has 100 valence electrons. The maximum atomic E-state index is 13.3. The summed E-state index contributed by atoms with van der Waals surface area (Å²) in [4.78, 5) is 12.1. The molecule has 0 aliphatic heterocycles. The first-order valence-corrected chi connectivity index (χ1v) is 6.73. The number of ketones is 1. The van der Waals surface area contributed by atoms with Crippen LogP contribution in [0.3, 0.4) is 0 Å². The molecule has 0 aliphatic carbocycles. The second-order valence-electron chi connectivity index (χ2n) is 4.20. The predicted octanol–water partition coefficient (Wildman–Crippen LogP) is 3.71. The van der Waals surface area contributed by atoms with Crippen molar-refractivity contribution in [3.8, 4) is 0 Å². The third-order valence-corrected chi connectivity index (χ3v) is 4.17. The lowest BCUT2D eigenvalue weighted by Gasteiger charge is -2.04. The molecule has 0 atom stereocenters. The van der Waals surface area contributed by atoms with Crippen LogP contribution in [0.1, 0.15) is 21.7 Å². The van der Waals surface area contributed by atoms with Gasteiger partial charge < -0.3 is 0 Å². The van der Waals surface area contributed by atoms with Gasteiger partial charge in [0.2, 0.25) is 0 Å². The molecule has 0 aliphatic rings. The molecule has 0 saturated heterocycles. The van der Waals surface area contributed by atoms with Gasteiger partial charge in [0.25, 0.3) is 0 Å². The quantitative estimate of drug-likeness (QED) is 0.795. The van der Waals surface area contributed by atoms with Gasteiger partial charge in [-0.25, -0.2) is 4.39 Å².